The normalized spacial score (nSPS) is 11.2. The summed E-state index contributed by atoms with van der Waals surface area (Å²) in [6.45, 7) is 1.66. The second-order valence-electron chi connectivity index (χ2n) is 4.99. The first-order valence-electron chi connectivity index (χ1n) is 6.61. The fourth-order valence-electron chi connectivity index (χ4n) is 2.08. The first-order valence-corrected chi connectivity index (χ1v) is 8.50. The average Bonchev–Trinajstić information content (AvgIpc) is 2.44. The van der Waals surface area contributed by atoms with Gasteiger partial charge in [-0.25, -0.2) is 12.8 Å². The molecule has 1 N–H and O–H groups in total. The van der Waals surface area contributed by atoms with E-state index < -0.39 is 15.7 Å². The van der Waals surface area contributed by atoms with Crippen molar-refractivity contribution >= 4 is 21.3 Å². The second kappa shape index (κ2) is 6.27. The zero-order chi connectivity index (χ0) is 16.3. The third kappa shape index (κ3) is 3.71. The first kappa shape index (κ1) is 16.2. The lowest BCUT2D eigenvalue weighted by Crippen LogP contribution is -2.07. The van der Waals surface area contributed by atoms with Crippen molar-refractivity contribution in [3.05, 3.63) is 59.4 Å². The molecule has 0 heterocycles. The van der Waals surface area contributed by atoms with Crippen molar-refractivity contribution in [2.75, 3.05) is 11.6 Å². The van der Waals surface area contributed by atoms with Crippen molar-refractivity contribution in [1.82, 2.24) is 0 Å². The van der Waals surface area contributed by atoms with Gasteiger partial charge in [-0.1, -0.05) is 18.2 Å². The highest BCUT2D eigenvalue weighted by molar-refractivity contribution is 7.90. The quantitative estimate of drug-likeness (QED) is 0.860. The summed E-state index contributed by atoms with van der Waals surface area (Å²) >= 11 is 0. The minimum atomic E-state index is -3.22. The Morgan fingerprint density at radius 1 is 1.14 bits per heavy atom. The zero-order valence-corrected chi connectivity index (χ0v) is 13.1. The number of benzene rings is 2. The minimum Gasteiger partial charge on any atom is -0.380 e. The van der Waals surface area contributed by atoms with Crippen LogP contribution >= 0.6 is 0 Å². The van der Waals surface area contributed by atoms with Gasteiger partial charge in [0, 0.05) is 18.5 Å². The van der Waals surface area contributed by atoms with Crippen LogP contribution in [0.15, 0.2) is 47.4 Å². The Balaban J connectivity index is 2.17. The molecule has 0 atom stereocenters. The molecule has 0 fully saturated rings. The number of ketones is 1. The molecule has 2 rings (SSSR count). The summed E-state index contributed by atoms with van der Waals surface area (Å²) < 4.78 is 36.5. The molecule has 2 aromatic rings. The number of hydrogen-bond donors (Lipinski definition) is 1. The number of hydrogen-bond acceptors (Lipinski definition) is 4. The summed E-state index contributed by atoms with van der Waals surface area (Å²) in [4.78, 5) is 11.7. The fraction of sp³-hybridized carbons (Fsp3) is 0.188. The van der Waals surface area contributed by atoms with E-state index in [4.69, 9.17) is 0 Å². The first-order chi connectivity index (χ1) is 10.3. The van der Waals surface area contributed by atoms with E-state index in [0.717, 1.165) is 11.8 Å². The molecular weight excluding hydrogens is 305 g/mol. The molecule has 2 aromatic carbocycles. The van der Waals surface area contributed by atoms with Crippen molar-refractivity contribution < 1.29 is 17.6 Å². The Labute approximate surface area is 128 Å². The van der Waals surface area contributed by atoms with E-state index in [1.807, 2.05) is 0 Å². The smallest absolute Gasteiger partial charge is 0.175 e. The summed E-state index contributed by atoms with van der Waals surface area (Å²) in [7, 11) is -3.22. The van der Waals surface area contributed by atoms with Crippen LogP contribution in [0.1, 0.15) is 22.8 Å². The Morgan fingerprint density at radius 3 is 2.32 bits per heavy atom. The Kier molecular flexibility index (Phi) is 4.61. The lowest BCUT2D eigenvalue weighted by atomic mass is 10.1. The molecule has 0 radical (unpaired) electrons. The number of sulfone groups is 1. The maximum absolute atomic E-state index is 13.7. The van der Waals surface area contributed by atoms with E-state index in [-0.39, 0.29) is 16.2 Å². The van der Waals surface area contributed by atoms with Crippen LogP contribution in [0.25, 0.3) is 0 Å². The van der Waals surface area contributed by atoms with Gasteiger partial charge < -0.3 is 5.32 Å². The van der Waals surface area contributed by atoms with Gasteiger partial charge in [0.2, 0.25) is 0 Å². The van der Waals surface area contributed by atoms with Crippen LogP contribution in [-0.2, 0) is 16.4 Å². The summed E-state index contributed by atoms with van der Waals surface area (Å²) in [5.74, 6) is -0.919. The van der Waals surface area contributed by atoms with Crippen molar-refractivity contribution in [3.8, 4) is 0 Å². The van der Waals surface area contributed by atoms with Crippen LogP contribution in [0.2, 0.25) is 0 Å². The molecule has 6 heteroatoms. The maximum Gasteiger partial charge on any atom is 0.175 e. The molecule has 4 nitrogen and oxygen atoms in total. The minimum absolute atomic E-state index is 0.0234. The predicted octanol–water partition coefficient (Wildman–Crippen LogP) is 3.04. The summed E-state index contributed by atoms with van der Waals surface area (Å²) in [5.41, 5.74) is 1.26. The number of Topliss-reactive ketones (excluding diaryl/α,β-unsaturated/α-hetero) is 1. The third-order valence-electron chi connectivity index (χ3n) is 3.20. The van der Waals surface area contributed by atoms with E-state index in [0.29, 0.717) is 12.2 Å². The zero-order valence-electron chi connectivity index (χ0n) is 12.3. The summed E-state index contributed by atoms with van der Waals surface area (Å²) in [5, 5.41) is 3.00. The standard InChI is InChI=1S/C16H16FNO3S/c1-11(19)16-14(17)4-3-5-15(16)18-10-12-6-8-13(9-7-12)22(2,20)21/h3-9,18H,10H2,1-2H3. The molecule has 0 unspecified atom stereocenters. The van der Waals surface area contributed by atoms with Gasteiger partial charge in [-0.05, 0) is 36.8 Å². The van der Waals surface area contributed by atoms with Gasteiger partial charge in [0.1, 0.15) is 5.82 Å². The van der Waals surface area contributed by atoms with Gasteiger partial charge in [0.05, 0.1) is 10.5 Å². The highest BCUT2D eigenvalue weighted by atomic mass is 32.2. The fourth-order valence-corrected chi connectivity index (χ4v) is 2.71. The Morgan fingerprint density at radius 2 is 1.77 bits per heavy atom. The predicted molar refractivity (Wildman–Crippen MR) is 83.3 cm³/mol. The SMILES string of the molecule is CC(=O)c1c(F)cccc1NCc1ccc(S(C)(=O)=O)cc1. The lowest BCUT2D eigenvalue weighted by molar-refractivity contribution is 0.101. The van der Waals surface area contributed by atoms with Gasteiger partial charge in [-0.15, -0.1) is 0 Å². The number of nitrogens with one attached hydrogen (secondary N) is 1. The molecule has 0 saturated carbocycles. The number of rotatable bonds is 5. The number of carbonyl (C=O) groups is 1. The van der Waals surface area contributed by atoms with Gasteiger partial charge in [-0.3, -0.25) is 4.79 Å². The van der Waals surface area contributed by atoms with Crippen LogP contribution in [0.4, 0.5) is 10.1 Å². The van der Waals surface area contributed by atoms with Gasteiger partial charge in [0.15, 0.2) is 15.6 Å². The number of anilines is 1. The molecule has 0 aliphatic rings. The molecular formula is C16H16FNO3S. The van der Waals surface area contributed by atoms with Crippen molar-refractivity contribution in [2.45, 2.75) is 18.4 Å². The van der Waals surface area contributed by atoms with Crippen LogP contribution in [0.3, 0.4) is 0 Å². The van der Waals surface area contributed by atoms with E-state index in [9.17, 15) is 17.6 Å². The van der Waals surface area contributed by atoms with Crippen molar-refractivity contribution in [2.24, 2.45) is 0 Å². The molecule has 0 aliphatic heterocycles. The van der Waals surface area contributed by atoms with Crippen LogP contribution in [0, 0.1) is 5.82 Å². The summed E-state index contributed by atoms with van der Waals surface area (Å²) in [6, 6.07) is 10.8. The highest BCUT2D eigenvalue weighted by Gasteiger charge is 2.12. The largest absolute Gasteiger partial charge is 0.380 e. The molecule has 0 amide bonds. The van der Waals surface area contributed by atoms with Crippen LogP contribution in [0.5, 0.6) is 0 Å². The van der Waals surface area contributed by atoms with Crippen LogP contribution < -0.4 is 5.32 Å². The number of halogens is 1. The van der Waals surface area contributed by atoms with E-state index >= 15 is 0 Å². The van der Waals surface area contributed by atoms with E-state index in [1.54, 1.807) is 18.2 Å². The Bertz CT molecular complexity index is 799. The molecule has 0 spiro atoms. The number of carbonyl (C=O) groups excluding carboxylic acids is 1. The summed E-state index contributed by atoms with van der Waals surface area (Å²) in [6.07, 6.45) is 1.14. The monoisotopic (exact) mass is 321 g/mol. The molecule has 0 bridgehead atoms. The van der Waals surface area contributed by atoms with Crippen molar-refractivity contribution in [1.29, 1.82) is 0 Å². The van der Waals surface area contributed by atoms with Crippen molar-refractivity contribution in [3.63, 3.8) is 0 Å². The van der Waals surface area contributed by atoms with Gasteiger partial charge >= 0.3 is 0 Å². The van der Waals surface area contributed by atoms with Crippen LogP contribution in [-0.4, -0.2) is 20.5 Å². The lowest BCUT2D eigenvalue weighted by Gasteiger charge is -2.11. The maximum atomic E-state index is 13.7. The molecule has 0 aliphatic carbocycles. The molecule has 22 heavy (non-hydrogen) atoms. The topological polar surface area (TPSA) is 63.2 Å². The third-order valence-corrected chi connectivity index (χ3v) is 4.33. The van der Waals surface area contributed by atoms with E-state index in [1.165, 1.54) is 31.2 Å². The van der Waals surface area contributed by atoms with Gasteiger partial charge in [0.25, 0.3) is 0 Å². The van der Waals surface area contributed by atoms with E-state index in [2.05, 4.69) is 5.32 Å². The molecule has 0 saturated heterocycles. The Hall–Kier alpha value is -2.21. The molecule has 0 aromatic heterocycles. The highest BCUT2D eigenvalue weighted by Crippen LogP contribution is 2.20. The second-order valence-corrected chi connectivity index (χ2v) is 7.00. The average molecular weight is 321 g/mol. The van der Waals surface area contributed by atoms with Gasteiger partial charge in [-0.2, -0.15) is 0 Å². The molecule has 116 valence electrons.